The summed E-state index contributed by atoms with van der Waals surface area (Å²) in [5.74, 6) is 2.41. The first-order valence-electron chi connectivity index (χ1n) is 10.7. The van der Waals surface area contributed by atoms with Crippen LogP contribution in [0, 0.1) is 11.3 Å². The SMILES string of the molecule is COc1ccc(N2CCN(c3[nH+]c(N)c4c(N)nc5c(c4c3C#N)CC(=O)N5C)CC2)cc1. The quantitative estimate of drug-likeness (QED) is 0.607. The molecule has 0 saturated carbocycles. The molecule has 1 saturated heterocycles. The van der Waals surface area contributed by atoms with Crippen LogP contribution in [0.4, 0.5) is 29.0 Å². The van der Waals surface area contributed by atoms with Gasteiger partial charge in [-0.3, -0.25) is 14.6 Å². The van der Waals surface area contributed by atoms with Gasteiger partial charge in [-0.2, -0.15) is 5.26 Å². The largest absolute Gasteiger partial charge is 0.497 e. The molecular formula is C23H25N8O2+. The van der Waals surface area contributed by atoms with Crippen molar-refractivity contribution in [3.05, 3.63) is 35.4 Å². The highest BCUT2D eigenvalue weighted by atomic mass is 16.5. The number of nitrogen functional groups attached to an aromatic ring is 2. The summed E-state index contributed by atoms with van der Waals surface area (Å²) >= 11 is 0. The van der Waals surface area contributed by atoms with E-state index in [1.807, 2.05) is 24.3 Å². The molecular weight excluding hydrogens is 420 g/mol. The Hall–Kier alpha value is -4.26. The molecule has 3 aromatic rings. The van der Waals surface area contributed by atoms with Crippen molar-refractivity contribution in [3.63, 3.8) is 0 Å². The lowest BCUT2D eigenvalue weighted by molar-refractivity contribution is -0.344. The number of hydrogen-bond acceptors (Lipinski definition) is 8. The summed E-state index contributed by atoms with van der Waals surface area (Å²) in [6.45, 7) is 2.95. The second kappa shape index (κ2) is 7.70. The number of hydrogen-bond donors (Lipinski definition) is 2. The van der Waals surface area contributed by atoms with Gasteiger partial charge in [0.15, 0.2) is 0 Å². The number of methoxy groups -OCH3 is 1. The molecule has 10 heteroatoms. The fourth-order valence-corrected chi connectivity index (χ4v) is 4.71. The molecule has 0 radical (unpaired) electrons. The van der Waals surface area contributed by atoms with Gasteiger partial charge in [0.2, 0.25) is 17.5 Å². The maximum atomic E-state index is 12.4. The Balaban J connectivity index is 1.52. The second-order valence-electron chi connectivity index (χ2n) is 8.22. The first kappa shape index (κ1) is 20.6. The van der Waals surface area contributed by atoms with Crippen molar-refractivity contribution >= 4 is 45.6 Å². The second-order valence-corrected chi connectivity index (χ2v) is 8.22. The highest BCUT2D eigenvalue weighted by Gasteiger charge is 2.34. The monoisotopic (exact) mass is 445 g/mol. The molecule has 2 aliphatic heterocycles. The predicted octanol–water partition coefficient (Wildman–Crippen LogP) is 0.939. The number of rotatable bonds is 3. The number of aromatic amines is 1. The number of ether oxygens (including phenoxy) is 1. The minimum absolute atomic E-state index is 0.0886. The molecule has 2 aliphatic rings. The number of H-pyrrole nitrogens is 1. The van der Waals surface area contributed by atoms with Crippen molar-refractivity contribution < 1.29 is 14.5 Å². The molecule has 0 spiro atoms. The van der Waals surface area contributed by atoms with E-state index in [9.17, 15) is 10.1 Å². The number of nitrogens with zero attached hydrogens (tertiary/aromatic N) is 5. The molecule has 1 fully saturated rings. The van der Waals surface area contributed by atoms with Crippen LogP contribution in [-0.2, 0) is 11.2 Å². The van der Waals surface area contributed by atoms with Crippen LogP contribution in [0.15, 0.2) is 24.3 Å². The standard InChI is InChI=1S/C23H24N8O2/c1-29-17(32)11-15-18-16(12-24)23(28-21(26)19(18)20(25)27-22(15)29)31-9-7-30(8-10-31)13-3-5-14(33-2)6-4-13/h3-6H,7-11H2,1-2H3,(H2,25,27)(H2,26,28)/p+1. The lowest BCUT2D eigenvalue weighted by Gasteiger charge is -2.34. The molecule has 5 N–H and O–H groups in total. The zero-order valence-electron chi connectivity index (χ0n) is 18.6. The van der Waals surface area contributed by atoms with Gasteiger partial charge in [-0.05, 0) is 24.3 Å². The normalized spacial score (nSPS) is 15.7. The number of anilines is 5. The van der Waals surface area contributed by atoms with Gasteiger partial charge in [0.25, 0.3) is 0 Å². The van der Waals surface area contributed by atoms with Crippen LogP contribution in [0.3, 0.4) is 0 Å². The number of nitriles is 1. The van der Waals surface area contributed by atoms with E-state index in [0.717, 1.165) is 24.5 Å². The van der Waals surface area contributed by atoms with Gasteiger partial charge in [-0.15, -0.1) is 0 Å². The van der Waals surface area contributed by atoms with Crippen molar-refractivity contribution in [1.29, 1.82) is 5.26 Å². The van der Waals surface area contributed by atoms with Crippen molar-refractivity contribution in [1.82, 2.24) is 4.98 Å². The topological polar surface area (TPSA) is 139 Å². The highest BCUT2D eigenvalue weighted by Crippen LogP contribution is 2.40. The molecule has 2 aromatic heterocycles. The molecule has 10 nitrogen and oxygen atoms in total. The summed E-state index contributed by atoms with van der Waals surface area (Å²) in [5, 5.41) is 11.3. The zero-order chi connectivity index (χ0) is 23.3. The average molecular weight is 446 g/mol. The Morgan fingerprint density at radius 3 is 2.39 bits per heavy atom. The molecule has 0 unspecified atom stereocenters. The molecule has 0 aliphatic carbocycles. The smallest absolute Gasteiger partial charge is 0.240 e. The van der Waals surface area contributed by atoms with Gasteiger partial charge < -0.3 is 21.1 Å². The molecule has 1 aromatic carbocycles. The minimum atomic E-state index is -0.0886. The van der Waals surface area contributed by atoms with Crippen LogP contribution in [0.5, 0.6) is 5.75 Å². The molecule has 0 atom stereocenters. The third-order valence-electron chi connectivity index (χ3n) is 6.48. The lowest BCUT2D eigenvalue weighted by atomic mass is 10.00. The third kappa shape index (κ3) is 3.20. The average Bonchev–Trinajstić information content (AvgIpc) is 3.12. The molecule has 5 rings (SSSR count). The number of aromatic nitrogens is 2. The number of nitrogens with two attached hydrogens (primary N) is 2. The number of piperazine rings is 1. The number of nitrogens with one attached hydrogen (secondary N) is 1. The summed E-state index contributed by atoms with van der Waals surface area (Å²) in [4.78, 5) is 25.8. The fourth-order valence-electron chi connectivity index (χ4n) is 4.71. The van der Waals surface area contributed by atoms with Crippen LogP contribution < -0.4 is 35.9 Å². The number of pyridine rings is 2. The van der Waals surface area contributed by atoms with E-state index >= 15 is 0 Å². The van der Waals surface area contributed by atoms with Crippen LogP contribution >= 0.6 is 0 Å². The number of carbonyl (C=O) groups is 1. The Bertz CT molecular complexity index is 1310. The summed E-state index contributed by atoms with van der Waals surface area (Å²) in [6, 6.07) is 10.3. The number of fused-ring (bicyclic) bond motifs is 3. The van der Waals surface area contributed by atoms with Crippen molar-refractivity contribution in [2.24, 2.45) is 0 Å². The predicted molar refractivity (Wildman–Crippen MR) is 126 cm³/mol. The third-order valence-corrected chi connectivity index (χ3v) is 6.48. The molecule has 1 amide bonds. The van der Waals surface area contributed by atoms with E-state index in [0.29, 0.717) is 52.4 Å². The number of likely N-dealkylation sites (N-methyl/N-ethyl adjacent to an activating group) is 1. The van der Waals surface area contributed by atoms with Crippen molar-refractivity contribution in [2.75, 3.05) is 66.5 Å². The van der Waals surface area contributed by atoms with Gasteiger partial charge in [0.05, 0.1) is 32.0 Å². The first-order chi connectivity index (χ1) is 15.9. The minimum Gasteiger partial charge on any atom is -0.497 e. The Kier molecular flexibility index (Phi) is 4.82. The Morgan fingerprint density at radius 1 is 1.09 bits per heavy atom. The van der Waals surface area contributed by atoms with E-state index in [4.69, 9.17) is 16.2 Å². The summed E-state index contributed by atoms with van der Waals surface area (Å²) in [7, 11) is 3.32. The summed E-state index contributed by atoms with van der Waals surface area (Å²) < 4.78 is 5.25. The maximum Gasteiger partial charge on any atom is 0.240 e. The van der Waals surface area contributed by atoms with Crippen LogP contribution in [0.2, 0.25) is 0 Å². The zero-order valence-corrected chi connectivity index (χ0v) is 18.6. The van der Waals surface area contributed by atoms with Crippen molar-refractivity contribution in [3.8, 4) is 11.8 Å². The first-order valence-corrected chi connectivity index (χ1v) is 10.7. The molecule has 168 valence electrons. The molecule has 33 heavy (non-hydrogen) atoms. The van der Waals surface area contributed by atoms with Crippen molar-refractivity contribution in [2.45, 2.75) is 6.42 Å². The van der Waals surface area contributed by atoms with E-state index in [2.05, 4.69) is 25.8 Å². The van der Waals surface area contributed by atoms with Gasteiger partial charge in [-0.25, -0.2) is 9.97 Å². The molecule has 0 bridgehead atoms. The summed E-state index contributed by atoms with van der Waals surface area (Å²) in [6.07, 6.45) is 0.165. The van der Waals surface area contributed by atoms with Gasteiger partial charge in [-0.1, -0.05) is 0 Å². The van der Waals surface area contributed by atoms with E-state index in [1.54, 1.807) is 14.2 Å². The van der Waals surface area contributed by atoms with Crippen LogP contribution in [0.1, 0.15) is 11.1 Å². The number of carbonyl (C=O) groups excluding carboxylic acids is 1. The van der Waals surface area contributed by atoms with Crippen LogP contribution in [0.25, 0.3) is 10.8 Å². The Labute approximate surface area is 191 Å². The van der Waals surface area contributed by atoms with Gasteiger partial charge in [0.1, 0.15) is 29.0 Å². The van der Waals surface area contributed by atoms with Gasteiger partial charge in [0, 0.05) is 36.8 Å². The lowest BCUT2D eigenvalue weighted by Crippen LogP contribution is -2.48. The van der Waals surface area contributed by atoms with Crippen LogP contribution in [-0.4, -0.2) is 51.2 Å². The Morgan fingerprint density at radius 2 is 1.76 bits per heavy atom. The van der Waals surface area contributed by atoms with E-state index in [-0.39, 0.29) is 18.1 Å². The van der Waals surface area contributed by atoms with Gasteiger partial charge >= 0.3 is 0 Å². The number of amides is 1. The molecule has 4 heterocycles. The highest BCUT2D eigenvalue weighted by molar-refractivity contribution is 6.12. The van der Waals surface area contributed by atoms with E-state index in [1.165, 1.54) is 4.90 Å². The van der Waals surface area contributed by atoms with E-state index < -0.39 is 0 Å². The maximum absolute atomic E-state index is 12.4. The number of benzene rings is 1. The fraction of sp³-hybridized carbons (Fsp3) is 0.304. The summed E-state index contributed by atoms with van der Waals surface area (Å²) in [5.41, 5.74) is 14.8.